The number of phenolic OH excluding ortho intramolecular Hbond substituents is 2. The van der Waals surface area contributed by atoms with Crippen LogP contribution in [0.15, 0.2) is 36.4 Å². The Morgan fingerprint density at radius 1 is 0.714 bits per heavy atom. The highest BCUT2D eigenvalue weighted by Gasteiger charge is 2.26. The average Bonchev–Trinajstić information content (AvgIpc) is 2.67. The van der Waals surface area contributed by atoms with Gasteiger partial charge in [-0.15, -0.1) is 0 Å². The second kappa shape index (κ2) is 8.59. The van der Waals surface area contributed by atoms with Crippen molar-refractivity contribution in [2.75, 3.05) is 0 Å². The molecular formula is C26H38O2. The molecule has 154 valence electrons. The molecule has 0 aliphatic carbocycles. The van der Waals surface area contributed by atoms with Crippen LogP contribution in [0.25, 0.3) is 0 Å². The Morgan fingerprint density at radius 2 is 1.11 bits per heavy atom. The van der Waals surface area contributed by atoms with E-state index in [1.165, 1.54) is 11.1 Å². The van der Waals surface area contributed by atoms with E-state index >= 15 is 0 Å². The lowest BCUT2D eigenvalue weighted by atomic mass is 9.77. The minimum absolute atomic E-state index is 0.0230. The molecule has 2 heteroatoms. The molecule has 0 aliphatic rings. The lowest BCUT2D eigenvalue weighted by Gasteiger charge is -2.28. The van der Waals surface area contributed by atoms with Crippen molar-refractivity contribution in [3.05, 3.63) is 58.7 Å². The normalized spacial score (nSPS) is 12.6. The lowest BCUT2D eigenvalue weighted by molar-refractivity contribution is 0.446. The van der Waals surface area contributed by atoms with E-state index in [0.29, 0.717) is 11.5 Å². The molecule has 28 heavy (non-hydrogen) atoms. The van der Waals surface area contributed by atoms with Crippen molar-refractivity contribution in [2.45, 2.75) is 90.9 Å². The molecule has 0 unspecified atom stereocenters. The lowest BCUT2D eigenvalue weighted by Crippen LogP contribution is -2.17. The molecule has 2 aromatic rings. The summed E-state index contributed by atoms with van der Waals surface area (Å²) in [5, 5.41) is 21.4. The third-order valence-corrected chi connectivity index (χ3v) is 6.71. The first-order chi connectivity index (χ1) is 13.1. The fourth-order valence-corrected chi connectivity index (χ4v) is 3.68. The highest BCUT2D eigenvalue weighted by molar-refractivity contribution is 5.50. The Labute approximate surface area is 171 Å². The molecule has 0 bridgehead atoms. The maximum atomic E-state index is 10.7. The first kappa shape index (κ1) is 22.3. The van der Waals surface area contributed by atoms with Gasteiger partial charge in [0.25, 0.3) is 0 Å². The number of benzene rings is 2. The topological polar surface area (TPSA) is 40.5 Å². The Morgan fingerprint density at radius 3 is 1.43 bits per heavy atom. The first-order valence-corrected chi connectivity index (χ1v) is 10.7. The van der Waals surface area contributed by atoms with Gasteiger partial charge in [-0.2, -0.15) is 0 Å². The number of rotatable bonds is 8. The van der Waals surface area contributed by atoms with Crippen molar-refractivity contribution in [1.82, 2.24) is 0 Å². The summed E-state index contributed by atoms with van der Waals surface area (Å²) in [4.78, 5) is 0. The largest absolute Gasteiger partial charge is 0.508 e. The molecule has 0 fully saturated rings. The van der Waals surface area contributed by atoms with Gasteiger partial charge in [-0.05, 0) is 53.4 Å². The molecule has 0 saturated carbocycles. The molecule has 0 aliphatic heterocycles. The molecule has 0 heterocycles. The van der Waals surface area contributed by atoms with Crippen LogP contribution < -0.4 is 0 Å². The molecule has 0 aromatic heterocycles. The summed E-state index contributed by atoms with van der Waals surface area (Å²) in [5.41, 5.74) is 4.40. The third kappa shape index (κ3) is 4.54. The summed E-state index contributed by atoms with van der Waals surface area (Å²) in [6.45, 7) is 15.5. The van der Waals surface area contributed by atoms with Crippen molar-refractivity contribution >= 4 is 0 Å². The predicted octanol–water partition coefficient (Wildman–Crippen LogP) is 7.41. The van der Waals surface area contributed by atoms with Gasteiger partial charge in [-0.1, -0.05) is 79.2 Å². The molecule has 0 saturated heterocycles. The van der Waals surface area contributed by atoms with Gasteiger partial charge in [-0.25, -0.2) is 0 Å². The first-order valence-electron chi connectivity index (χ1n) is 10.7. The van der Waals surface area contributed by atoms with Crippen molar-refractivity contribution in [3.63, 3.8) is 0 Å². The number of hydrogen-bond donors (Lipinski definition) is 2. The van der Waals surface area contributed by atoms with Crippen LogP contribution in [0.2, 0.25) is 0 Å². The van der Waals surface area contributed by atoms with Crippen LogP contribution in [-0.4, -0.2) is 10.2 Å². The maximum Gasteiger partial charge on any atom is 0.119 e. The zero-order chi connectivity index (χ0) is 21.1. The monoisotopic (exact) mass is 382 g/mol. The third-order valence-electron chi connectivity index (χ3n) is 6.71. The van der Waals surface area contributed by atoms with Crippen LogP contribution in [-0.2, 0) is 10.8 Å². The van der Waals surface area contributed by atoms with Crippen LogP contribution in [0.1, 0.15) is 102 Å². The van der Waals surface area contributed by atoms with Crippen LogP contribution in [0.3, 0.4) is 0 Å². The quantitative estimate of drug-likeness (QED) is 0.499. The summed E-state index contributed by atoms with van der Waals surface area (Å²) in [6, 6.07) is 12.0. The van der Waals surface area contributed by atoms with Crippen molar-refractivity contribution in [3.8, 4) is 11.5 Å². The van der Waals surface area contributed by atoms with Crippen LogP contribution >= 0.6 is 0 Å². The summed E-state index contributed by atoms with van der Waals surface area (Å²) < 4.78 is 0. The fraction of sp³-hybridized carbons (Fsp3) is 0.538. The number of aromatic hydroxyl groups is 2. The molecule has 2 nitrogen and oxygen atoms in total. The molecule has 0 amide bonds. The average molecular weight is 383 g/mol. The van der Waals surface area contributed by atoms with Crippen LogP contribution in [0.4, 0.5) is 0 Å². The SMILES string of the molecule is CCCC(c1cc(C(C)(C)CC)ccc1O)c1cc(C(C)(C)CC)ccc1O. The highest BCUT2D eigenvalue weighted by Crippen LogP contribution is 2.42. The highest BCUT2D eigenvalue weighted by atomic mass is 16.3. The Balaban J connectivity index is 2.64. The molecule has 0 atom stereocenters. The van der Waals surface area contributed by atoms with Crippen molar-refractivity contribution < 1.29 is 10.2 Å². The van der Waals surface area contributed by atoms with E-state index in [-0.39, 0.29) is 16.7 Å². The fourth-order valence-electron chi connectivity index (χ4n) is 3.68. The second-order valence-corrected chi connectivity index (χ2v) is 9.36. The van der Waals surface area contributed by atoms with Crippen LogP contribution in [0, 0.1) is 0 Å². The molecular weight excluding hydrogens is 344 g/mol. The number of hydrogen-bond acceptors (Lipinski definition) is 2. The Hall–Kier alpha value is -1.96. The summed E-state index contributed by atoms with van der Waals surface area (Å²) in [7, 11) is 0. The van der Waals surface area contributed by atoms with Gasteiger partial charge in [0.1, 0.15) is 11.5 Å². The standard InChI is InChI=1S/C26H38O2/c1-8-11-20(21-16-18(12-14-23(21)27)25(4,5)9-2)22-17-19(13-15-24(22)28)26(6,7)10-3/h12-17,20,27-28H,8-11H2,1-7H3. The van der Waals surface area contributed by atoms with Gasteiger partial charge < -0.3 is 10.2 Å². The Bertz CT molecular complexity index is 737. The summed E-state index contributed by atoms with van der Waals surface area (Å²) in [5.74, 6) is 0.604. The van der Waals surface area contributed by atoms with E-state index in [4.69, 9.17) is 0 Å². The Kier molecular flexibility index (Phi) is 6.85. The molecule has 0 spiro atoms. The van der Waals surface area contributed by atoms with Gasteiger partial charge in [0.05, 0.1) is 0 Å². The van der Waals surface area contributed by atoms with E-state index < -0.39 is 0 Å². The van der Waals surface area contributed by atoms with Gasteiger partial charge >= 0.3 is 0 Å². The number of phenols is 2. The molecule has 2 rings (SSSR count). The van der Waals surface area contributed by atoms with Gasteiger partial charge in [0.2, 0.25) is 0 Å². The van der Waals surface area contributed by atoms with E-state index in [9.17, 15) is 10.2 Å². The zero-order valence-electron chi connectivity index (χ0n) is 18.8. The summed E-state index contributed by atoms with van der Waals surface area (Å²) >= 11 is 0. The maximum absolute atomic E-state index is 10.7. The van der Waals surface area contributed by atoms with Crippen molar-refractivity contribution in [1.29, 1.82) is 0 Å². The van der Waals surface area contributed by atoms with E-state index in [1.54, 1.807) is 0 Å². The predicted molar refractivity (Wildman–Crippen MR) is 120 cm³/mol. The second-order valence-electron chi connectivity index (χ2n) is 9.36. The summed E-state index contributed by atoms with van der Waals surface area (Å²) in [6.07, 6.45) is 3.92. The smallest absolute Gasteiger partial charge is 0.119 e. The molecule has 2 N–H and O–H groups in total. The van der Waals surface area contributed by atoms with Gasteiger partial charge in [0, 0.05) is 17.0 Å². The molecule has 0 radical (unpaired) electrons. The van der Waals surface area contributed by atoms with Gasteiger partial charge in [0.15, 0.2) is 0 Å². The minimum Gasteiger partial charge on any atom is -0.508 e. The van der Waals surface area contributed by atoms with Crippen LogP contribution in [0.5, 0.6) is 11.5 Å². The zero-order valence-corrected chi connectivity index (χ0v) is 18.8. The van der Waals surface area contributed by atoms with E-state index in [2.05, 4.69) is 60.6 Å². The molecule has 2 aromatic carbocycles. The minimum atomic E-state index is -0.0230. The van der Waals surface area contributed by atoms with E-state index in [0.717, 1.165) is 36.8 Å². The van der Waals surface area contributed by atoms with Crippen molar-refractivity contribution in [2.24, 2.45) is 0 Å². The van der Waals surface area contributed by atoms with Gasteiger partial charge in [-0.3, -0.25) is 0 Å². The van der Waals surface area contributed by atoms with E-state index in [1.807, 2.05) is 24.3 Å².